The molecule has 104 valence electrons. The van der Waals surface area contributed by atoms with Gasteiger partial charge in [-0.1, -0.05) is 35.9 Å². The predicted molar refractivity (Wildman–Crippen MR) is 87.3 cm³/mol. The predicted octanol–water partition coefficient (Wildman–Crippen LogP) is 4.21. The summed E-state index contributed by atoms with van der Waals surface area (Å²) in [6.45, 7) is 2.04. The van der Waals surface area contributed by atoms with Crippen LogP contribution in [0.4, 0.5) is 5.69 Å². The van der Waals surface area contributed by atoms with Crippen LogP contribution in [-0.2, 0) is 4.79 Å². The normalized spacial score (nSPS) is 10.5. The molecule has 0 saturated heterocycles. The Balaban J connectivity index is 1.98. The molecule has 3 rings (SSSR count). The Kier molecular flexibility index (Phi) is 3.88. The largest absolute Gasteiger partial charge is 0.277 e. The number of hydrogen-bond donors (Lipinski definition) is 0. The number of hydrogen-bond acceptors (Lipinski definition) is 3. The van der Waals surface area contributed by atoms with E-state index in [9.17, 15) is 4.79 Å². The smallest absolute Gasteiger partial charge is 0.224 e. The summed E-state index contributed by atoms with van der Waals surface area (Å²) in [5, 5.41) is 1.02. The molecule has 3 aromatic rings. The van der Waals surface area contributed by atoms with Gasteiger partial charge in [0.05, 0.1) is 11.2 Å². The van der Waals surface area contributed by atoms with Crippen LogP contribution in [0, 0.1) is 6.92 Å². The van der Waals surface area contributed by atoms with E-state index in [1.54, 1.807) is 10.5 Å². The van der Waals surface area contributed by atoms with Crippen LogP contribution in [0.5, 0.6) is 0 Å². The molecule has 1 amide bonds. The van der Waals surface area contributed by atoms with Crippen LogP contribution in [0.3, 0.4) is 0 Å². The molecule has 0 bridgehead atoms. The van der Waals surface area contributed by atoms with Gasteiger partial charge in [-0.2, -0.15) is 0 Å². The van der Waals surface area contributed by atoms with Gasteiger partial charge in [0.2, 0.25) is 6.41 Å². The SMILES string of the molecule is Cc1ccc(SN(C=O)c2cccc3cccnc23)cc1. The maximum Gasteiger partial charge on any atom is 0.224 e. The number of fused-ring (bicyclic) bond motifs is 1. The summed E-state index contributed by atoms with van der Waals surface area (Å²) in [6, 6.07) is 17.8. The van der Waals surface area contributed by atoms with Crippen molar-refractivity contribution < 1.29 is 4.79 Å². The van der Waals surface area contributed by atoms with Crippen LogP contribution in [0.15, 0.2) is 65.7 Å². The third kappa shape index (κ3) is 2.90. The molecule has 0 unspecified atom stereocenters. The van der Waals surface area contributed by atoms with Crippen LogP contribution in [0.1, 0.15) is 5.56 Å². The quantitative estimate of drug-likeness (QED) is 0.534. The van der Waals surface area contributed by atoms with Gasteiger partial charge in [0, 0.05) is 16.5 Å². The Labute approximate surface area is 127 Å². The maximum absolute atomic E-state index is 11.5. The number of benzene rings is 2. The molecule has 0 radical (unpaired) electrons. The molecular formula is C17H14N2OS. The first kappa shape index (κ1) is 13.6. The third-order valence-corrected chi connectivity index (χ3v) is 4.13. The highest BCUT2D eigenvalue weighted by atomic mass is 32.2. The summed E-state index contributed by atoms with van der Waals surface area (Å²) >= 11 is 1.39. The Morgan fingerprint density at radius 2 is 1.81 bits per heavy atom. The van der Waals surface area contributed by atoms with Crippen LogP contribution in [0.25, 0.3) is 10.9 Å². The second kappa shape index (κ2) is 5.97. The fourth-order valence-corrected chi connectivity index (χ4v) is 2.88. The number of carbonyl (C=O) groups excluding carboxylic acids is 1. The van der Waals surface area contributed by atoms with Crippen LogP contribution in [0.2, 0.25) is 0 Å². The molecule has 0 aliphatic heterocycles. The zero-order valence-electron chi connectivity index (χ0n) is 11.6. The summed E-state index contributed by atoms with van der Waals surface area (Å²) in [5.74, 6) is 0. The van der Waals surface area contributed by atoms with Gasteiger partial charge in [-0.25, -0.2) is 0 Å². The van der Waals surface area contributed by atoms with Crippen molar-refractivity contribution in [3.05, 3.63) is 66.4 Å². The lowest BCUT2D eigenvalue weighted by Gasteiger charge is -2.17. The Morgan fingerprint density at radius 1 is 1.05 bits per heavy atom. The summed E-state index contributed by atoms with van der Waals surface area (Å²) in [5.41, 5.74) is 2.82. The number of rotatable bonds is 4. The molecule has 21 heavy (non-hydrogen) atoms. The Hall–Kier alpha value is -2.33. The highest BCUT2D eigenvalue weighted by Gasteiger charge is 2.11. The molecule has 0 atom stereocenters. The molecule has 0 spiro atoms. The number of para-hydroxylation sites is 1. The fourth-order valence-electron chi connectivity index (χ4n) is 2.11. The minimum atomic E-state index is 0.800. The summed E-state index contributed by atoms with van der Waals surface area (Å²) in [4.78, 5) is 16.9. The topological polar surface area (TPSA) is 33.2 Å². The molecule has 1 heterocycles. The van der Waals surface area contributed by atoms with E-state index in [-0.39, 0.29) is 0 Å². The fraction of sp³-hybridized carbons (Fsp3) is 0.0588. The number of carbonyl (C=O) groups is 1. The van der Waals surface area contributed by atoms with Crippen molar-refractivity contribution in [1.82, 2.24) is 4.98 Å². The minimum Gasteiger partial charge on any atom is -0.277 e. The maximum atomic E-state index is 11.5. The summed E-state index contributed by atoms with van der Waals surface area (Å²) < 4.78 is 1.61. The lowest BCUT2D eigenvalue weighted by atomic mass is 10.2. The number of pyridine rings is 1. The van der Waals surface area contributed by atoms with Gasteiger partial charge in [-0.3, -0.25) is 14.1 Å². The van der Waals surface area contributed by atoms with Gasteiger partial charge < -0.3 is 0 Å². The lowest BCUT2D eigenvalue weighted by Crippen LogP contribution is -2.11. The van der Waals surface area contributed by atoms with Crippen LogP contribution >= 0.6 is 11.9 Å². The van der Waals surface area contributed by atoms with E-state index in [4.69, 9.17) is 0 Å². The number of aryl methyl sites for hydroxylation is 1. The number of aromatic nitrogens is 1. The summed E-state index contributed by atoms with van der Waals surface area (Å²) in [6.07, 6.45) is 2.57. The van der Waals surface area contributed by atoms with E-state index in [1.165, 1.54) is 17.5 Å². The van der Waals surface area contributed by atoms with E-state index in [1.807, 2.05) is 61.5 Å². The molecule has 1 aromatic heterocycles. The average molecular weight is 294 g/mol. The van der Waals surface area contributed by atoms with Crippen molar-refractivity contribution in [1.29, 1.82) is 0 Å². The van der Waals surface area contributed by atoms with E-state index in [0.29, 0.717) is 0 Å². The first-order valence-corrected chi connectivity index (χ1v) is 7.38. The molecule has 4 heteroatoms. The molecule has 0 saturated carbocycles. The monoisotopic (exact) mass is 294 g/mol. The second-order valence-corrected chi connectivity index (χ2v) is 5.74. The third-order valence-electron chi connectivity index (χ3n) is 3.17. The van der Waals surface area contributed by atoms with Gasteiger partial charge in [0.15, 0.2) is 0 Å². The standard InChI is InChI=1S/C17H14N2OS/c1-13-7-9-15(10-8-13)21-19(12-20)16-6-2-4-14-5-3-11-18-17(14)16/h2-12H,1H3. The van der Waals surface area contributed by atoms with E-state index < -0.39 is 0 Å². The van der Waals surface area contributed by atoms with Crippen molar-refractivity contribution in [3.63, 3.8) is 0 Å². The molecule has 0 aliphatic carbocycles. The van der Waals surface area contributed by atoms with Gasteiger partial charge >= 0.3 is 0 Å². The lowest BCUT2D eigenvalue weighted by molar-refractivity contribution is -0.106. The van der Waals surface area contributed by atoms with Crippen molar-refractivity contribution >= 4 is 34.9 Å². The zero-order valence-corrected chi connectivity index (χ0v) is 12.4. The van der Waals surface area contributed by atoms with Crippen molar-refractivity contribution in [2.75, 3.05) is 4.31 Å². The summed E-state index contributed by atoms with van der Waals surface area (Å²) in [7, 11) is 0. The van der Waals surface area contributed by atoms with Gasteiger partial charge in [0.25, 0.3) is 0 Å². The molecule has 0 fully saturated rings. The van der Waals surface area contributed by atoms with Gasteiger partial charge in [-0.05, 0) is 43.1 Å². The van der Waals surface area contributed by atoms with Gasteiger partial charge in [-0.15, -0.1) is 0 Å². The average Bonchev–Trinajstić information content (AvgIpc) is 2.54. The van der Waals surface area contributed by atoms with Gasteiger partial charge in [0.1, 0.15) is 0 Å². The minimum absolute atomic E-state index is 0.800. The van der Waals surface area contributed by atoms with Crippen molar-refractivity contribution in [2.45, 2.75) is 11.8 Å². The molecule has 0 N–H and O–H groups in total. The Bertz CT molecular complexity index is 766. The van der Waals surface area contributed by atoms with E-state index in [2.05, 4.69) is 4.98 Å². The first-order chi connectivity index (χ1) is 10.3. The number of nitrogens with zero attached hydrogens (tertiary/aromatic N) is 2. The Morgan fingerprint density at radius 3 is 2.57 bits per heavy atom. The van der Waals surface area contributed by atoms with Crippen molar-refractivity contribution in [2.24, 2.45) is 0 Å². The molecular weight excluding hydrogens is 280 g/mol. The van der Waals surface area contributed by atoms with Crippen LogP contribution < -0.4 is 4.31 Å². The highest BCUT2D eigenvalue weighted by molar-refractivity contribution is 8.01. The first-order valence-electron chi connectivity index (χ1n) is 6.61. The number of anilines is 1. The highest BCUT2D eigenvalue weighted by Crippen LogP contribution is 2.32. The second-order valence-electron chi connectivity index (χ2n) is 4.69. The van der Waals surface area contributed by atoms with E-state index in [0.717, 1.165) is 27.9 Å². The molecule has 0 aliphatic rings. The number of amides is 1. The zero-order chi connectivity index (χ0) is 14.7. The van der Waals surface area contributed by atoms with E-state index >= 15 is 0 Å². The van der Waals surface area contributed by atoms with Crippen molar-refractivity contribution in [3.8, 4) is 0 Å². The van der Waals surface area contributed by atoms with Crippen LogP contribution in [-0.4, -0.2) is 11.4 Å². The molecule has 2 aromatic carbocycles. The molecule has 3 nitrogen and oxygen atoms in total.